The van der Waals surface area contributed by atoms with Crippen molar-refractivity contribution in [3.8, 4) is 0 Å². The number of hydrogen-bond acceptors (Lipinski definition) is 5. The Morgan fingerprint density at radius 2 is 2.08 bits per heavy atom. The second-order valence-corrected chi connectivity index (χ2v) is 6.53. The number of H-pyrrole nitrogens is 1. The quantitative estimate of drug-likeness (QED) is 0.704. The molecule has 3 rings (SSSR count). The minimum absolute atomic E-state index is 0.227. The van der Waals surface area contributed by atoms with E-state index in [-0.39, 0.29) is 11.3 Å². The first kappa shape index (κ1) is 15.9. The molecule has 1 aromatic heterocycles. The highest BCUT2D eigenvalue weighted by Gasteiger charge is 2.24. The van der Waals surface area contributed by atoms with Gasteiger partial charge in [-0.05, 0) is 24.3 Å². The lowest BCUT2D eigenvalue weighted by molar-refractivity contribution is 0.0596. The number of halogens is 1. The molecular weight excluding hydrogens is 337 g/mol. The maximum absolute atomic E-state index is 13.5. The van der Waals surface area contributed by atoms with Gasteiger partial charge in [0.05, 0.1) is 30.1 Å². The van der Waals surface area contributed by atoms with E-state index >= 15 is 0 Å². The maximum atomic E-state index is 13.5. The Labute approximate surface area is 136 Å². The highest BCUT2D eigenvalue weighted by molar-refractivity contribution is 7.92. The Hall–Kier alpha value is -2.94. The number of aromatic amines is 1. The molecule has 0 atom stereocenters. The highest BCUT2D eigenvalue weighted by atomic mass is 32.2. The van der Waals surface area contributed by atoms with Crippen LogP contribution in [0.4, 0.5) is 10.1 Å². The van der Waals surface area contributed by atoms with Gasteiger partial charge in [-0.2, -0.15) is 5.10 Å². The average Bonchev–Trinajstić information content (AvgIpc) is 3.03. The number of aromatic nitrogens is 2. The first-order valence-corrected chi connectivity index (χ1v) is 8.23. The van der Waals surface area contributed by atoms with Crippen molar-refractivity contribution in [1.82, 2.24) is 10.2 Å². The number of ether oxygens (including phenoxy) is 1. The van der Waals surface area contributed by atoms with Gasteiger partial charge in [0.25, 0.3) is 10.0 Å². The van der Waals surface area contributed by atoms with E-state index in [4.69, 9.17) is 0 Å². The van der Waals surface area contributed by atoms with Crippen molar-refractivity contribution in [3.05, 3.63) is 54.0 Å². The van der Waals surface area contributed by atoms with Crippen molar-refractivity contribution in [2.45, 2.75) is 4.90 Å². The third-order valence-corrected chi connectivity index (χ3v) is 4.76. The summed E-state index contributed by atoms with van der Waals surface area (Å²) >= 11 is 0. The van der Waals surface area contributed by atoms with Crippen LogP contribution in [0.2, 0.25) is 0 Å². The van der Waals surface area contributed by atoms with E-state index in [0.717, 1.165) is 25.3 Å². The van der Waals surface area contributed by atoms with E-state index in [1.54, 1.807) is 12.1 Å². The van der Waals surface area contributed by atoms with Gasteiger partial charge in [0.2, 0.25) is 0 Å². The first-order chi connectivity index (χ1) is 11.4. The lowest BCUT2D eigenvalue weighted by Crippen LogP contribution is -2.18. The minimum Gasteiger partial charge on any atom is -0.465 e. The molecule has 0 bridgehead atoms. The predicted molar refractivity (Wildman–Crippen MR) is 84.6 cm³/mol. The summed E-state index contributed by atoms with van der Waals surface area (Å²) in [5.41, 5.74) is 0.436. The van der Waals surface area contributed by atoms with Crippen LogP contribution in [-0.2, 0) is 14.8 Å². The number of fused-ring (bicyclic) bond motifs is 1. The Balaban J connectivity index is 2.10. The largest absolute Gasteiger partial charge is 0.465 e. The summed E-state index contributed by atoms with van der Waals surface area (Å²) in [5, 5.41) is 7.22. The topological polar surface area (TPSA) is 101 Å². The number of nitrogens with one attached hydrogen (secondary N) is 2. The van der Waals surface area contributed by atoms with Crippen LogP contribution in [0, 0.1) is 5.82 Å². The van der Waals surface area contributed by atoms with Crippen molar-refractivity contribution >= 4 is 32.6 Å². The van der Waals surface area contributed by atoms with Crippen LogP contribution >= 0.6 is 0 Å². The fourth-order valence-corrected chi connectivity index (χ4v) is 3.53. The van der Waals surface area contributed by atoms with Crippen LogP contribution in [0.15, 0.2) is 47.5 Å². The maximum Gasteiger partial charge on any atom is 0.339 e. The highest BCUT2D eigenvalue weighted by Crippen LogP contribution is 2.25. The molecule has 9 heteroatoms. The van der Waals surface area contributed by atoms with Crippen LogP contribution in [0.1, 0.15) is 10.4 Å². The van der Waals surface area contributed by atoms with Gasteiger partial charge in [-0.25, -0.2) is 17.6 Å². The Morgan fingerprint density at radius 1 is 1.29 bits per heavy atom. The summed E-state index contributed by atoms with van der Waals surface area (Å²) in [6, 6.07) is 7.73. The number of carbonyl (C=O) groups excluding carboxylic acids is 1. The van der Waals surface area contributed by atoms with Crippen LogP contribution < -0.4 is 4.72 Å². The van der Waals surface area contributed by atoms with Crippen LogP contribution in [0.3, 0.4) is 0 Å². The molecule has 0 aliphatic rings. The molecule has 0 fully saturated rings. The minimum atomic E-state index is -4.23. The van der Waals surface area contributed by atoms with Crippen molar-refractivity contribution in [2.75, 3.05) is 11.8 Å². The summed E-state index contributed by atoms with van der Waals surface area (Å²) < 4.78 is 45.7. The molecule has 0 saturated heterocycles. The van der Waals surface area contributed by atoms with Crippen molar-refractivity contribution < 1.29 is 22.3 Å². The Bertz CT molecular complexity index is 1030. The Kier molecular flexibility index (Phi) is 3.94. The zero-order valence-electron chi connectivity index (χ0n) is 12.4. The van der Waals surface area contributed by atoms with E-state index in [0.29, 0.717) is 10.9 Å². The number of rotatable bonds is 4. The molecule has 0 saturated carbocycles. The smallest absolute Gasteiger partial charge is 0.339 e. The zero-order chi connectivity index (χ0) is 17.3. The van der Waals surface area contributed by atoms with Crippen LogP contribution in [0.5, 0.6) is 0 Å². The molecule has 0 unspecified atom stereocenters. The number of benzene rings is 2. The third-order valence-electron chi connectivity index (χ3n) is 3.36. The summed E-state index contributed by atoms with van der Waals surface area (Å²) in [5.74, 6) is -1.67. The van der Waals surface area contributed by atoms with Gasteiger partial charge >= 0.3 is 5.97 Å². The van der Waals surface area contributed by atoms with Gasteiger partial charge in [0.1, 0.15) is 10.7 Å². The average molecular weight is 349 g/mol. The lowest BCUT2D eigenvalue weighted by Gasteiger charge is -2.12. The number of hydrogen-bond donors (Lipinski definition) is 2. The Morgan fingerprint density at radius 3 is 2.83 bits per heavy atom. The molecule has 2 aromatic carbocycles. The standard InChI is InChI=1S/C15H12FN3O4S/c1-23-15(20)11-6-5-10(16)7-13(11)24(21,22)19-12-4-2-3-9-8-17-18-14(9)12/h2-8,19H,1H3,(H,17,18). The molecule has 0 amide bonds. The molecule has 1 heterocycles. The summed E-state index contributed by atoms with van der Waals surface area (Å²) in [6.45, 7) is 0. The summed E-state index contributed by atoms with van der Waals surface area (Å²) in [4.78, 5) is 11.3. The molecule has 24 heavy (non-hydrogen) atoms. The molecule has 0 radical (unpaired) electrons. The van der Waals surface area contributed by atoms with E-state index in [9.17, 15) is 17.6 Å². The van der Waals surface area contributed by atoms with Gasteiger partial charge in [-0.15, -0.1) is 0 Å². The molecular formula is C15H12FN3O4S. The van der Waals surface area contributed by atoms with E-state index in [2.05, 4.69) is 19.7 Å². The molecule has 3 aromatic rings. The monoisotopic (exact) mass is 349 g/mol. The van der Waals surface area contributed by atoms with Crippen molar-refractivity contribution in [2.24, 2.45) is 0 Å². The number of nitrogens with zero attached hydrogens (tertiary/aromatic N) is 1. The first-order valence-electron chi connectivity index (χ1n) is 6.75. The van der Waals surface area contributed by atoms with E-state index < -0.39 is 26.7 Å². The van der Waals surface area contributed by atoms with Crippen LogP contribution in [0.25, 0.3) is 10.9 Å². The lowest BCUT2D eigenvalue weighted by atomic mass is 10.2. The SMILES string of the molecule is COC(=O)c1ccc(F)cc1S(=O)(=O)Nc1cccc2cn[nH]c12. The summed E-state index contributed by atoms with van der Waals surface area (Å²) in [6.07, 6.45) is 1.54. The van der Waals surface area contributed by atoms with Crippen LogP contribution in [-0.4, -0.2) is 31.7 Å². The second kappa shape index (κ2) is 5.93. The van der Waals surface area contributed by atoms with E-state index in [1.807, 2.05) is 0 Å². The molecule has 0 aliphatic heterocycles. The molecule has 0 spiro atoms. The normalized spacial score (nSPS) is 11.4. The van der Waals surface area contributed by atoms with Crippen molar-refractivity contribution in [3.63, 3.8) is 0 Å². The zero-order valence-corrected chi connectivity index (χ0v) is 13.2. The van der Waals surface area contributed by atoms with Gasteiger partial charge in [-0.3, -0.25) is 9.82 Å². The second-order valence-electron chi connectivity index (χ2n) is 4.88. The number of sulfonamides is 1. The fourth-order valence-electron chi connectivity index (χ4n) is 2.25. The number of methoxy groups -OCH3 is 1. The van der Waals surface area contributed by atoms with Gasteiger partial charge in [0, 0.05) is 5.39 Å². The number of para-hydroxylation sites is 1. The number of anilines is 1. The molecule has 0 aliphatic carbocycles. The van der Waals surface area contributed by atoms with Crippen molar-refractivity contribution in [1.29, 1.82) is 0 Å². The summed E-state index contributed by atoms with van der Waals surface area (Å²) in [7, 11) is -3.12. The molecule has 2 N–H and O–H groups in total. The van der Waals surface area contributed by atoms with Gasteiger partial charge < -0.3 is 4.74 Å². The molecule has 7 nitrogen and oxygen atoms in total. The third kappa shape index (κ3) is 2.81. The molecule has 124 valence electrons. The van der Waals surface area contributed by atoms with Gasteiger partial charge in [-0.1, -0.05) is 12.1 Å². The fraction of sp³-hybridized carbons (Fsp3) is 0.0667. The van der Waals surface area contributed by atoms with Gasteiger partial charge in [0.15, 0.2) is 0 Å². The predicted octanol–water partition coefficient (Wildman–Crippen LogP) is 2.29. The van der Waals surface area contributed by atoms with E-state index in [1.165, 1.54) is 12.3 Å². The number of carbonyl (C=O) groups is 1. The number of esters is 1.